The van der Waals surface area contributed by atoms with E-state index in [0.717, 1.165) is 16.9 Å². The average Bonchev–Trinajstić information content (AvgIpc) is 2.29. The van der Waals surface area contributed by atoms with Crippen LogP contribution in [-0.2, 0) is 9.57 Å². The zero-order valence-corrected chi connectivity index (χ0v) is 12.7. The Labute approximate surface area is 110 Å². The van der Waals surface area contributed by atoms with Gasteiger partial charge in [-0.2, -0.15) is 0 Å². The van der Waals surface area contributed by atoms with E-state index in [1.54, 1.807) is 0 Å². The van der Waals surface area contributed by atoms with Crippen LogP contribution < -0.4 is 22.5 Å². The Morgan fingerprint density at radius 2 is 2.67 bits per heavy atom. The Hall–Kier alpha value is 0.410. The van der Waals surface area contributed by atoms with Crippen molar-refractivity contribution in [2.24, 2.45) is 5.16 Å². The molecule has 1 atom stereocenters. The zero-order chi connectivity index (χ0) is 10.9. The molecular formula is C9H13I2N2O2-. The van der Waals surface area contributed by atoms with Crippen LogP contribution in [0.5, 0.6) is 0 Å². The first kappa shape index (κ1) is 13.5. The fourth-order valence-corrected chi connectivity index (χ4v) is 2.84. The van der Waals surface area contributed by atoms with E-state index < -0.39 is 0 Å². The van der Waals surface area contributed by atoms with E-state index in [0.29, 0.717) is 13.2 Å². The molecule has 0 saturated carbocycles. The van der Waals surface area contributed by atoms with Gasteiger partial charge >= 0.3 is 111 Å². The molecule has 6 heteroatoms. The summed E-state index contributed by atoms with van der Waals surface area (Å²) in [6, 6.07) is 0.255. The number of halogens is 2. The summed E-state index contributed by atoms with van der Waals surface area (Å²) in [7, 11) is 0. The molecule has 0 unspecified atom stereocenters. The van der Waals surface area contributed by atoms with Gasteiger partial charge in [0.1, 0.15) is 0 Å². The summed E-state index contributed by atoms with van der Waals surface area (Å²) in [5.41, 5.74) is 0. The third-order valence-corrected chi connectivity index (χ3v) is 5.16. The predicted molar refractivity (Wildman–Crippen MR) is 63.5 cm³/mol. The minimum absolute atomic E-state index is 0.126. The van der Waals surface area contributed by atoms with Crippen molar-refractivity contribution in [3.05, 3.63) is 0 Å². The van der Waals surface area contributed by atoms with Crippen LogP contribution in [0.1, 0.15) is 6.92 Å². The third kappa shape index (κ3) is 5.89. The molecule has 0 amide bonds. The van der Waals surface area contributed by atoms with Gasteiger partial charge in [-0.3, -0.25) is 0 Å². The number of hydrogen-bond donors (Lipinski definition) is 1. The van der Waals surface area contributed by atoms with Crippen LogP contribution in [0.25, 0.3) is 0 Å². The summed E-state index contributed by atoms with van der Waals surface area (Å²) in [5, 5.41) is 7.31. The zero-order valence-electron chi connectivity index (χ0n) is 8.43. The van der Waals surface area contributed by atoms with Gasteiger partial charge in [-0.05, 0) is 0 Å². The normalized spacial score (nSPS) is 22.0. The summed E-state index contributed by atoms with van der Waals surface area (Å²) >= 11 is 2.20. The van der Waals surface area contributed by atoms with Crippen LogP contribution in [-0.4, -0.2) is 36.1 Å². The van der Waals surface area contributed by atoms with Crippen molar-refractivity contribution in [1.29, 1.82) is 0 Å². The molecule has 0 aromatic heterocycles. The van der Waals surface area contributed by atoms with Crippen molar-refractivity contribution in [2.45, 2.75) is 13.0 Å². The Bertz CT molecular complexity index is 267. The van der Waals surface area contributed by atoms with E-state index in [2.05, 4.69) is 40.9 Å². The van der Waals surface area contributed by atoms with Crippen LogP contribution in [0.3, 0.4) is 0 Å². The molecule has 1 aliphatic rings. The molecule has 1 fully saturated rings. The molecule has 0 aromatic carbocycles. The number of ether oxygens (including phenoxy) is 1. The molecule has 15 heavy (non-hydrogen) atoms. The molecule has 86 valence electrons. The van der Waals surface area contributed by atoms with Gasteiger partial charge in [0.05, 0.1) is 0 Å². The molecule has 1 aliphatic heterocycles. The van der Waals surface area contributed by atoms with Crippen molar-refractivity contribution in [1.82, 2.24) is 5.32 Å². The number of oxime groups is 1. The summed E-state index contributed by atoms with van der Waals surface area (Å²) in [4.78, 5) is 5.24. The van der Waals surface area contributed by atoms with Gasteiger partial charge < -0.3 is 0 Å². The fourth-order valence-electron chi connectivity index (χ4n) is 1.07. The molecule has 0 bridgehead atoms. The Balaban J connectivity index is 2.25. The topological polar surface area (TPSA) is 42.9 Å². The number of hydrogen-bond acceptors (Lipinski definition) is 4. The Kier molecular flexibility index (Phi) is 7.68. The molecule has 0 aliphatic carbocycles. The first-order valence-electron chi connectivity index (χ1n) is 4.56. The third-order valence-electron chi connectivity index (χ3n) is 1.71. The molecule has 1 N–H and O–H groups in total. The van der Waals surface area contributed by atoms with E-state index >= 15 is 0 Å². The van der Waals surface area contributed by atoms with Gasteiger partial charge in [0.25, 0.3) is 0 Å². The van der Waals surface area contributed by atoms with Gasteiger partial charge in [-0.1, -0.05) is 0 Å². The van der Waals surface area contributed by atoms with Crippen LogP contribution in [0, 0.1) is 11.8 Å². The SMILES string of the molecule is CC#C/C(=N\OC[C@@H]1COCCN1)[I-]I. The van der Waals surface area contributed by atoms with Crippen LogP contribution in [0.15, 0.2) is 5.16 Å². The quantitative estimate of drug-likeness (QED) is 0.236. The van der Waals surface area contributed by atoms with Gasteiger partial charge in [-0.15, -0.1) is 0 Å². The van der Waals surface area contributed by atoms with Gasteiger partial charge in [-0.25, -0.2) is 0 Å². The molecule has 0 radical (unpaired) electrons. The first-order chi connectivity index (χ1) is 7.36. The van der Waals surface area contributed by atoms with E-state index in [-0.39, 0.29) is 23.3 Å². The second-order valence-corrected chi connectivity index (χ2v) is 7.01. The van der Waals surface area contributed by atoms with E-state index in [9.17, 15) is 0 Å². The van der Waals surface area contributed by atoms with E-state index in [1.807, 2.05) is 6.92 Å². The molecule has 4 nitrogen and oxygen atoms in total. The monoisotopic (exact) mass is 435 g/mol. The molecule has 0 aromatic rings. The number of nitrogens with zero attached hydrogens (tertiary/aromatic N) is 1. The van der Waals surface area contributed by atoms with Crippen molar-refractivity contribution < 1.29 is 26.8 Å². The standard InChI is InChI=1S/C9H13I2N2O2/c1-2-3-9(11-10)13-15-7-8-6-14-5-4-12-8/h8,12H,4-7H2,1H3/q-1/b13-9+/t8-/m0/s1. The second kappa shape index (κ2) is 8.55. The molecular weight excluding hydrogens is 422 g/mol. The number of nitrogens with one attached hydrogen (secondary N) is 1. The molecule has 1 saturated heterocycles. The van der Waals surface area contributed by atoms with Crippen LogP contribution in [0.4, 0.5) is 0 Å². The maximum atomic E-state index is 5.30. The van der Waals surface area contributed by atoms with Gasteiger partial charge in [0.2, 0.25) is 0 Å². The maximum absolute atomic E-state index is 5.30. The van der Waals surface area contributed by atoms with Crippen molar-refractivity contribution >= 4 is 22.3 Å². The van der Waals surface area contributed by atoms with Crippen molar-refractivity contribution in [3.63, 3.8) is 0 Å². The Morgan fingerprint density at radius 3 is 3.27 bits per heavy atom. The number of rotatable bonds is 4. The van der Waals surface area contributed by atoms with Crippen LogP contribution in [0.2, 0.25) is 0 Å². The first-order valence-corrected chi connectivity index (χ1v) is 11.9. The van der Waals surface area contributed by atoms with Crippen LogP contribution >= 0.6 is 18.6 Å². The summed E-state index contributed by atoms with van der Waals surface area (Å²) < 4.78 is 6.18. The summed E-state index contributed by atoms with van der Waals surface area (Å²) in [6.45, 7) is 4.73. The van der Waals surface area contributed by atoms with Crippen molar-refractivity contribution in [3.8, 4) is 11.8 Å². The molecule has 1 heterocycles. The van der Waals surface area contributed by atoms with E-state index in [1.165, 1.54) is 0 Å². The van der Waals surface area contributed by atoms with Gasteiger partial charge in [0, 0.05) is 0 Å². The minimum atomic E-state index is -0.126. The second-order valence-electron chi connectivity index (χ2n) is 2.85. The number of morpholine rings is 1. The average molecular weight is 435 g/mol. The summed E-state index contributed by atoms with van der Waals surface area (Å²) in [6.07, 6.45) is 0. The molecule has 0 spiro atoms. The fraction of sp³-hybridized carbons (Fsp3) is 0.667. The Morgan fingerprint density at radius 1 is 1.80 bits per heavy atom. The van der Waals surface area contributed by atoms with E-state index in [4.69, 9.17) is 9.57 Å². The van der Waals surface area contributed by atoms with Crippen molar-refractivity contribution in [2.75, 3.05) is 26.4 Å². The predicted octanol–water partition coefficient (Wildman–Crippen LogP) is -2.23. The van der Waals surface area contributed by atoms with Gasteiger partial charge in [0.15, 0.2) is 0 Å². The molecule has 1 rings (SSSR count). The summed E-state index contributed by atoms with van der Waals surface area (Å²) in [5.74, 6) is 5.76.